The summed E-state index contributed by atoms with van der Waals surface area (Å²) < 4.78 is 8.08. The molecule has 32 heavy (non-hydrogen) atoms. The molecule has 0 N–H and O–H groups in total. The standard InChI is InChI=1S/C24H25ClN4OS2/c1-5-29-21(12-30-19-10-16(3)22(25)17(4)11-19)27-28-24(29)32-14-18-13-31-23(26-18)20-9-7-6-8-15(20)2/h6-11,13H,5,12,14H2,1-4H3. The summed E-state index contributed by atoms with van der Waals surface area (Å²) in [5, 5.41) is 13.6. The minimum Gasteiger partial charge on any atom is -0.486 e. The summed E-state index contributed by atoms with van der Waals surface area (Å²) in [6.45, 7) is 9.30. The van der Waals surface area contributed by atoms with Crippen molar-refractivity contribution in [2.45, 2.75) is 51.8 Å². The molecule has 166 valence electrons. The minimum atomic E-state index is 0.357. The Labute approximate surface area is 201 Å². The van der Waals surface area contributed by atoms with Gasteiger partial charge in [0.15, 0.2) is 11.0 Å². The average Bonchev–Trinajstić information content (AvgIpc) is 3.41. The van der Waals surface area contributed by atoms with Crippen molar-refractivity contribution < 1.29 is 4.74 Å². The number of thiazole rings is 1. The van der Waals surface area contributed by atoms with Gasteiger partial charge in [-0.1, -0.05) is 47.6 Å². The van der Waals surface area contributed by atoms with Crippen LogP contribution in [-0.4, -0.2) is 19.7 Å². The zero-order valence-corrected chi connectivity index (χ0v) is 20.9. The van der Waals surface area contributed by atoms with Gasteiger partial charge in [-0.3, -0.25) is 0 Å². The maximum Gasteiger partial charge on any atom is 0.191 e. The van der Waals surface area contributed by atoms with Gasteiger partial charge in [-0.05, 0) is 56.5 Å². The van der Waals surface area contributed by atoms with E-state index in [-0.39, 0.29) is 0 Å². The van der Waals surface area contributed by atoms with Crippen molar-refractivity contribution in [3.05, 3.63) is 75.0 Å². The highest BCUT2D eigenvalue weighted by Gasteiger charge is 2.14. The largest absolute Gasteiger partial charge is 0.486 e. The summed E-state index contributed by atoms with van der Waals surface area (Å²) in [4.78, 5) is 4.82. The highest BCUT2D eigenvalue weighted by atomic mass is 35.5. The van der Waals surface area contributed by atoms with Crippen LogP contribution in [0, 0.1) is 20.8 Å². The van der Waals surface area contributed by atoms with Gasteiger partial charge in [0.05, 0.1) is 5.69 Å². The van der Waals surface area contributed by atoms with Crippen LogP contribution in [-0.2, 0) is 18.9 Å². The van der Waals surface area contributed by atoms with E-state index in [1.807, 2.05) is 26.0 Å². The Balaban J connectivity index is 1.42. The van der Waals surface area contributed by atoms with Crippen LogP contribution >= 0.6 is 34.7 Å². The summed E-state index contributed by atoms with van der Waals surface area (Å²) in [7, 11) is 0. The summed E-state index contributed by atoms with van der Waals surface area (Å²) >= 11 is 9.58. The third kappa shape index (κ3) is 5.00. The van der Waals surface area contributed by atoms with Gasteiger partial charge in [0.25, 0.3) is 0 Å². The zero-order valence-electron chi connectivity index (χ0n) is 18.6. The van der Waals surface area contributed by atoms with Crippen LogP contribution in [0.15, 0.2) is 46.9 Å². The van der Waals surface area contributed by atoms with Crippen molar-refractivity contribution in [3.8, 4) is 16.3 Å². The molecule has 0 saturated carbocycles. The van der Waals surface area contributed by atoms with Crippen LogP contribution in [0.1, 0.15) is 35.1 Å². The number of benzene rings is 2. The van der Waals surface area contributed by atoms with Gasteiger partial charge in [-0.15, -0.1) is 21.5 Å². The summed E-state index contributed by atoms with van der Waals surface area (Å²) in [5.74, 6) is 2.34. The van der Waals surface area contributed by atoms with Gasteiger partial charge in [-0.2, -0.15) is 0 Å². The van der Waals surface area contributed by atoms with Crippen molar-refractivity contribution in [3.63, 3.8) is 0 Å². The van der Waals surface area contributed by atoms with Crippen LogP contribution in [0.4, 0.5) is 0 Å². The molecule has 2 aromatic heterocycles. The van der Waals surface area contributed by atoms with E-state index in [2.05, 4.69) is 58.3 Å². The molecule has 2 aromatic carbocycles. The maximum absolute atomic E-state index is 6.26. The molecule has 4 aromatic rings. The van der Waals surface area contributed by atoms with E-state index in [1.54, 1.807) is 23.1 Å². The monoisotopic (exact) mass is 484 g/mol. The predicted molar refractivity (Wildman–Crippen MR) is 133 cm³/mol. The molecule has 0 aliphatic carbocycles. The first-order valence-corrected chi connectivity index (χ1v) is 12.7. The highest BCUT2D eigenvalue weighted by molar-refractivity contribution is 7.98. The van der Waals surface area contributed by atoms with Crippen molar-refractivity contribution in [2.24, 2.45) is 0 Å². The number of hydrogen-bond donors (Lipinski definition) is 0. The van der Waals surface area contributed by atoms with Crippen molar-refractivity contribution in [1.82, 2.24) is 19.7 Å². The van der Waals surface area contributed by atoms with E-state index in [0.29, 0.717) is 6.61 Å². The summed E-state index contributed by atoms with van der Waals surface area (Å²) in [5.41, 5.74) is 5.49. The van der Waals surface area contributed by atoms with Gasteiger partial charge >= 0.3 is 0 Å². The Bertz CT molecular complexity index is 1210. The smallest absolute Gasteiger partial charge is 0.191 e. The first-order valence-electron chi connectivity index (χ1n) is 10.4. The molecule has 0 atom stereocenters. The summed E-state index contributed by atoms with van der Waals surface area (Å²) in [6.07, 6.45) is 0. The molecule has 0 unspecified atom stereocenters. The van der Waals surface area contributed by atoms with Gasteiger partial charge in [-0.25, -0.2) is 4.98 Å². The van der Waals surface area contributed by atoms with E-state index in [1.165, 1.54) is 11.1 Å². The second-order valence-electron chi connectivity index (χ2n) is 7.55. The molecule has 0 radical (unpaired) electrons. The Kier molecular flexibility index (Phi) is 7.18. The van der Waals surface area contributed by atoms with E-state index in [0.717, 1.165) is 55.9 Å². The van der Waals surface area contributed by atoms with Crippen LogP contribution in [0.2, 0.25) is 5.02 Å². The molecular weight excluding hydrogens is 460 g/mol. The van der Waals surface area contributed by atoms with E-state index < -0.39 is 0 Å². The van der Waals surface area contributed by atoms with Gasteiger partial charge < -0.3 is 9.30 Å². The van der Waals surface area contributed by atoms with Crippen molar-refractivity contribution in [1.29, 1.82) is 0 Å². The fourth-order valence-electron chi connectivity index (χ4n) is 3.44. The van der Waals surface area contributed by atoms with E-state index >= 15 is 0 Å². The molecule has 0 bridgehead atoms. The number of hydrogen-bond acceptors (Lipinski definition) is 6. The lowest BCUT2D eigenvalue weighted by Gasteiger charge is -2.11. The molecule has 0 amide bonds. The molecule has 0 spiro atoms. The van der Waals surface area contributed by atoms with Gasteiger partial charge in [0.1, 0.15) is 17.4 Å². The molecule has 0 saturated heterocycles. The molecular formula is C24H25ClN4OS2. The normalized spacial score (nSPS) is 11.2. The molecule has 0 aliphatic rings. The fraction of sp³-hybridized carbons (Fsp3) is 0.292. The van der Waals surface area contributed by atoms with Crippen LogP contribution < -0.4 is 4.74 Å². The lowest BCUT2D eigenvalue weighted by molar-refractivity contribution is 0.288. The van der Waals surface area contributed by atoms with Crippen LogP contribution in [0.5, 0.6) is 5.75 Å². The second kappa shape index (κ2) is 10.1. The zero-order chi connectivity index (χ0) is 22.7. The second-order valence-corrected chi connectivity index (χ2v) is 9.73. The van der Waals surface area contributed by atoms with Gasteiger partial charge in [0, 0.05) is 28.3 Å². The van der Waals surface area contributed by atoms with Crippen LogP contribution in [0.25, 0.3) is 10.6 Å². The minimum absolute atomic E-state index is 0.357. The lowest BCUT2D eigenvalue weighted by Crippen LogP contribution is -2.07. The summed E-state index contributed by atoms with van der Waals surface area (Å²) in [6, 6.07) is 12.2. The SMILES string of the molecule is CCn1c(COc2cc(C)c(Cl)c(C)c2)nnc1SCc1csc(-c2ccccc2C)n1. The molecule has 8 heteroatoms. The third-order valence-electron chi connectivity index (χ3n) is 5.16. The number of rotatable bonds is 8. The van der Waals surface area contributed by atoms with Crippen molar-refractivity contribution in [2.75, 3.05) is 0 Å². The molecule has 5 nitrogen and oxygen atoms in total. The quantitative estimate of drug-likeness (QED) is 0.255. The van der Waals surface area contributed by atoms with E-state index in [4.69, 9.17) is 21.3 Å². The maximum atomic E-state index is 6.26. The third-order valence-corrected chi connectivity index (χ3v) is 7.68. The number of halogens is 1. The van der Waals surface area contributed by atoms with E-state index in [9.17, 15) is 0 Å². The Morgan fingerprint density at radius 2 is 1.81 bits per heavy atom. The lowest BCUT2D eigenvalue weighted by atomic mass is 10.1. The number of aryl methyl sites for hydroxylation is 3. The molecule has 4 rings (SSSR count). The number of aromatic nitrogens is 4. The Morgan fingerprint density at radius 3 is 2.53 bits per heavy atom. The van der Waals surface area contributed by atoms with Gasteiger partial charge in [0.2, 0.25) is 0 Å². The number of thioether (sulfide) groups is 1. The Hall–Kier alpha value is -2.35. The first-order chi connectivity index (χ1) is 15.5. The van der Waals surface area contributed by atoms with Crippen LogP contribution in [0.3, 0.4) is 0 Å². The number of ether oxygens (including phenoxy) is 1. The first kappa shape index (κ1) is 22.8. The molecule has 0 aliphatic heterocycles. The molecule has 0 fully saturated rings. The topological polar surface area (TPSA) is 52.8 Å². The highest BCUT2D eigenvalue weighted by Crippen LogP contribution is 2.30. The predicted octanol–water partition coefficient (Wildman–Crippen LogP) is 6.87. The number of nitrogens with zero attached hydrogens (tertiary/aromatic N) is 4. The molecule has 2 heterocycles. The van der Waals surface area contributed by atoms with Crippen molar-refractivity contribution >= 4 is 34.7 Å². The average molecular weight is 485 g/mol. The fourth-order valence-corrected chi connectivity index (χ4v) is 5.47. The Morgan fingerprint density at radius 1 is 1.06 bits per heavy atom.